The topological polar surface area (TPSA) is 38.7 Å². The van der Waals surface area contributed by atoms with Crippen LogP contribution < -0.4 is 0 Å². The van der Waals surface area contributed by atoms with Gasteiger partial charge in [-0.3, -0.25) is 0 Å². The number of benzene rings is 3. The SMILES string of the molecule is C[Si](C)(C)C=C1CC(COCc2ccccc2)(COCc2ccccc2)CC1=C(C(O)CCc1ccccc1)[Si](C)(C)C. The Hall–Kier alpha value is -2.55. The first-order chi connectivity index (χ1) is 20.4. The van der Waals surface area contributed by atoms with E-state index in [-0.39, 0.29) is 5.41 Å². The molecule has 1 aliphatic rings. The first kappa shape index (κ1) is 33.3. The smallest absolute Gasteiger partial charge is 0.0761 e. The van der Waals surface area contributed by atoms with Gasteiger partial charge in [0.15, 0.2) is 0 Å². The second-order valence-corrected chi connectivity index (χ2v) is 24.6. The molecule has 230 valence electrons. The zero-order valence-corrected chi connectivity index (χ0v) is 29.2. The van der Waals surface area contributed by atoms with Crippen molar-refractivity contribution in [2.24, 2.45) is 5.41 Å². The third-order valence-corrected chi connectivity index (χ3v) is 11.6. The van der Waals surface area contributed by atoms with Gasteiger partial charge in [-0.25, -0.2) is 0 Å². The molecule has 3 aromatic rings. The van der Waals surface area contributed by atoms with Crippen LogP contribution in [0.1, 0.15) is 36.0 Å². The highest BCUT2D eigenvalue weighted by Gasteiger charge is 2.44. The van der Waals surface area contributed by atoms with Crippen LogP contribution >= 0.6 is 0 Å². The van der Waals surface area contributed by atoms with E-state index in [4.69, 9.17) is 9.47 Å². The van der Waals surface area contributed by atoms with Gasteiger partial charge in [0.25, 0.3) is 0 Å². The van der Waals surface area contributed by atoms with Crippen LogP contribution in [0, 0.1) is 5.41 Å². The van der Waals surface area contributed by atoms with Gasteiger partial charge in [-0.15, -0.1) is 0 Å². The normalized spacial score (nSPS) is 18.2. The van der Waals surface area contributed by atoms with Crippen molar-refractivity contribution in [3.63, 3.8) is 0 Å². The summed E-state index contributed by atoms with van der Waals surface area (Å²) in [5, 5.41) is 13.2. The van der Waals surface area contributed by atoms with Gasteiger partial charge in [-0.05, 0) is 47.9 Å². The maximum absolute atomic E-state index is 11.9. The highest BCUT2D eigenvalue weighted by molar-refractivity contribution is 6.83. The van der Waals surface area contributed by atoms with Crippen molar-refractivity contribution in [2.75, 3.05) is 13.2 Å². The van der Waals surface area contributed by atoms with Gasteiger partial charge < -0.3 is 14.6 Å². The molecule has 0 aliphatic heterocycles. The minimum absolute atomic E-state index is 0.172. The molecule has 1 aliphatic carbocycles. The molecule has 43 heavy (non-hydrogen) atoms. The second kappa shape index (κ2) is 15.0. The van der Waals surface area contributed by atoms with Gasteiger partial charge in [0.1, 0.15) is 0 Å². The molecule has 1 atom stereocenters. The van der Waals surface area contributed by atoms with E-state index in [1.807, 2.05) is 12.1 Å². The zero-order chi connectivity index (χ0) is 30.9. The van der Waals surface area contributed by atoms with Crippen molar-refractivity contribution in [1.29, 1.82) is 0 Å². The van der Waals surface area contributed by atoms with Crippen LogP contribution in [0.25, 0.3) is 0 Å². The average molecular weight is 613 g/mol. The van der Waals surface area contributed by atoms with Crippen LogP contribution in [0.2, 0.25) is 39.3 Å². The van der Waals surface area contributed by atoms with E-state index in [0.717, 1.165) is 25.7 Å². The van der Waals surface area contributed by atoms with Crippen molar-refractivity contribution >= 4 is 16.1 Å². The summed E-state index contributed by atoms with van der Waals surface area (Å²) in [6, 6.07) is 31.4. The van der Waals surface area contributed by atoms with E-state index in [2.05, 4.69) is 124 Å². The maximum atomic E-state index is 11.9. The van der Waals surface area contributed by atoms with Crippen molar-refractivity contribution < 1.29 is 14.6 Å². The van der Waals surface area contributed by atoms with Crippen LogP contribution in [0.3, 0.4) is 0 Å². The molecule has 1 saturated carbocycles. The summed E-state index contributed by atoms with van der Waals surface area (Å²) >= 11 is 0. The molecule has 4 rings (SSSR count). The van der Waals surface area contributed by atoms with E-state index in [1.165, 1.54) is 33.0 Å². The molecule has 1 N–H and O–H groups in total. The Kier molecular flexibility index (Phi) is 11.6. The number of hydrogen-bond donors (Lipinski definition) is 1. The molecule has 5 heteroatoms. The number of ether oxygens (including phenoxy) is 2. The second-order valence-electron chi connectivity index (χ2n) is 14.5. The van der Waals surface area contributed by atoms with Crippen molar-refractivity contribution in [3.05, 3.63) is 130 Å². The van der Waals surface area contributed by atoms with E-state index < -0.39 is 22.3 Å². The lowest BCUT2D eigenvalue weighted by Gasteiger charge is -2.31. The number of hydrogen-bond acceptors (Lipinski definition) is 3. The van der Waals surface area contributed by atoms with Gasteiger partial charge in [-0.2, -0.15) is 0 Å². The van der Waals surface area contributed by atoms with Crippen molar-refractivity contribution in [2.45, 2.75) is 84.3 Å². The minimum atomic E-state index is -1.88. The molecule has 0 saturated heterocycles. The molecular formula is C38H52O3Si2. The van der Waals surface area contributed by atoms with E-state index in [1.54, 1.807) is 0 Å². The first-order valence-electron chi connectivity index (χ1n) is 15.9. The largest absolute Gasteiger partial charge is 0.389 e. The summed E-state index contributed by atoms with van der Waals surface area (Å²) in [5.74, 6) is 0. The van der Waals surface area contributed by atoms with Crippen molar-refractivity contribution in [1.82, 2.24) is 0 Å². The van der Waals surface area contributed by atoms with Crippen LogP contribution in [0.15, 0.2) is 113 Å². The first-order valence-corrected chi connectivity index (χ1v) is 22.9. The van der Waals surface area contributed by atoms with Gasteiger partial charge in [0, 0.05) is 5.41 Å². The maximum Gasteiger partial charge on any atom is 0.0761 e. The van der Waals surface area contributed by atoms with Crippen LogP contribution in [-0.4, -0.2) is 40.6 Å². The molecule has 0 spiro atoms. The molecule has 0 radical (unpaired) electrons. The standard InChI is InChI=1S/C38H52O3Si2/c1-42(2,3)28-34-24-38(29-40-26-32-18-12-8-13-19-32,30-41-27-33-20-14-9-15-21-33)25-35(34)37(43(4,5)6)36(39)23-22-31-16-10-7-11-17-31/h7-21,28,36,39H,22-27,29-30H2,1-6H3. The fourth-order valence-corrected chi connectivity index (χ4v) is 10.0. The van der Waals surface area contributed by atoms with Crippen LogP contribution in [0.5, 0.6) is 0 Å². The Morgan fingerprint density at radius 2 is 1.19 bits per heavy atom. The lowest BCUT2D eigenvalue weighted by molar-refractivity contribution is -0.0263. The van der Waals surface area contributed by atoms with Crippen LogP contribution in [-0.2, 0) is 29.1 Å². The quantitative estimate of drug-likeness (QED) is 0.185. The third kappa shape index (κ3) is 10.3. The Morgan fingerprint density at radius 1 is 0.721 bits per heavy atom. The highest BCUT2D eigenvalue weighted by atomic mass is 28.3. The number of aliphatic hydroxyl groups is 1. The summed E-state index contributed by atoms with van der Waals surface area (Å²) in [6.45, 7) is 16.9. The average Bonchev–Trinajstić information content (AvgIpc) is 3.28. The molecule has 0 heterocycles. The van der Waals surface area contributed by atoms with Crippen LogP contribution in [0.4, 0.5) is 0 Å². The summed E-state index contributed by atoms with van der Waals surface area (Å²) in [6.07, 6.45) is 2.99. The molecule has 3 nitrogen and oxygen atoms in total. The monoisotopic (exact) mass is 612 g/mol. The Balaban J connectivity index is 1.67. The zero-order valence-electron chi connectivity index (χ0n) is 27.2. The molecule has 3 aromatic carbocycles. The van der Waals surface area contributed by atoms with Crippen molar-refractivity contribution in [3.8, 4) is 0 Å². The lowest BCUT2D eigenvalue weighted by atomic mass is 9.87. The lowest BCUT2D eigenvalue weighted by Crippen LogP contribution is -2.35. The summed E-state index contributed by atoms with van der Waals surface area (Å²) in [5.41, 5.74) is 8.90. The molecule has 1 fully saturated rings. The van der Waals surface area contributed by atoms with E-state index in [9.17, 15) is 5.11 Å². The minimum Gasteiger partial charge on any atom is -0.389 e. The predicted octanol–water partition coefficient (Wildman–Crippen LogP) is 9.17. The summed E-state index contributed by atoms with van der Waals surface area (Å²) in [4.78, 5) is 0. The van der Waals surface area contributed by atoms with E-state index >= 15 is 0 Å². The predicted molar refractivity (Wildman–Crippen MR) is 186 cm³/mol. The Bertz CT molecular complexity index is 1290. The van der Waals surface area contributed by atoms with Gasteiger partial charge in [-0.1, -0.05) is 147 Å². The fourth-order valence-electron chi connectivity index (χ4n) is 6.40. The number of allylic oxidation sites excluding steroid dienone is 2. The van der Waals surface area contributed by atoms with Gasteiger partial charge >= 0.3 is 0 Å². The van der Waals surface area contributed by atoms with Gasteiger partial charge in [0.05, 0.1) is 48.7 Å². The molecule has 1 unspecified atom stereocenters. The number of aryl methyl sites for hydroxylation is 1. The number of rotatable bonds is 14. The molecule has 0 amide bonds. The Morgan fingerprint density at radius 3 is 1.63 bits per heavy atom. The van der Waals surface area contributed by atoms with Gasteiger partial charge in [0.2, 0.25) is 0 Å². The summed E-state index contributed by atoms with van der Waals surface area (Å²) in [7, 11) is -3.43. The third-order valence-electron chi connectivity index (χ3n) is 8.17. The molecule has 0 bridgehead atoms. The van der Waals surface area contributed by atoms with E-state index in [0.29, 0.717) is 26.4 Å². The summed E-state index contributed by atoms with van der Waals surface area (Å²) < 4.78 is 13.0. The fraction of sp³-hybridized carbons (Fsp3) is 0.421. The molecular weight excluding hydrogens is 561 g/mol. The Labute approximate surface area is 262 Å². The number of aliphatic hydroxyl groups excluding tert-OH is 1. The molecule has 0 aromatic heterocycles. The highest BCUT2D eigenvalue weighted by Crippen LogP contribution is 2.49.